The van der Waals surface area contributed by atoms with Crippen LogP contribution >= 0.6 is 23.2 Å². The molecule has 24 heavy (non-hydrogen) atoms. The van der Waals surface area contributed by atoms with Crippen LogP contribution in [0.4, 0.5) is 10.2 Å². The van der Waals surface area contributed by atoms with E-state index in [4.69, 9.17) is 23.2 Å². The maximum absolute atomic E-state index is 14.4. The summed E-state index contributed by atoms with van der Waals surface area (Å²) in [6, 6.07) is 4.51. The van der Waals surface area contributed by atoms with Gasteiger partial charge in [0, 0.05) is 30.1 Å². The van der Waals surface area contributed by atoms with Gasteiger partial charge in [0.2, 0.25) is 0 Å². The van der Waals surface area contributed by atoms with E-state index in [-0.39, 0.29) is 15.6 Å². The first-order valence-corrected chi connectivity index (χ1v) is 8.37. The molecule has 7 heteroatoms. The van der Waals surface area contributed by atoms with Crippen molar-refractivity contribution in [3.8, 4) is 11.1 Å². The summed E-state index contributed by atoms with van der Waals surface area (Å²) in [5, 5.41) is 3.75. The molecule has 0 bridgehead atoms. The summed E-state index contributed by atoms with van der Waals surface area (Å²) in [4.78, 5) is 12.9. The highest BCUT2D eigenvalue weighted by molar-refractivity contribution is 6.40. The molecule has 0 spiro atoms. The van der Waals surface area contributed by atoms with Gasteiger partial charge in [0.1, 0.15) is 17.2 Å². The van der Waals surface area contributed by atoms with Crippen molar-refractivity contribution >= 4 is 40.2 Å². The van der Waals surface area contributed by atoms with Crippen LogP contribution in [0.15, 0.2) is 30.6 Å². The van der Waals surface area contributed by atoms with Crippen molar-refractivity contribution in [2.24, 2.45) is 0 Å². The molecule has 2 aromatic heterocycles. The SMILES string of the molecule is CCCCNc1nc2nccnc2c(Cl)c1-c1c(F)cccc1Cl. The maximum Gasteiger partial charge on any atom is 0.181 e. The molecule has 0 aliphatic rings. The fraction of sp³-hybridized carbons (Fsp3) is 0.235. The topological polar surface area (TPSA) is 50.7 Å². The Kier molecular flexibility index (Phi) is 5.11. The van der Waals surface area contributed by atoms with Gasteiger partial charge >= 0.3 is 0 Å². The number of nitrogens with zero attached hydrogens (tertiary/aromatic N) is 3. The minimum atomic E-state index is -0.465. The third-order valence-electron chi connectivity index (χ3n) is 3.60. The Morgan fingerprint density at radius 1 is 1.12 bits per heavy atom. The number of anilines is 1. The summed E-state index contributed by atoms with van der Waals surface area (Å²) in [6.45, 7) is 2.77. The molecule has 2 heterocycles. The zero-order valence-electron chi connectivity index (χ0n) is 13.0. The molecule has 4 nitrogen and oxygen atoms in total. The van der Waals surface area contributed by atoms with Crippen molar-refractivity contribution in [3.63, 3.8) is 0 Å². The van der Waals surface area contributed by atoms with E-state index in [1.807, 2.05) is 0 Å². The molecule has 1 aromatic carbocycles. The Hall–Kier alpha value is -1.98. The summed E-state index contributed by atoms with van der Waals surface area (Å²) >= 11 is 12.8. The Balaban J connectivity index is 2.27. The van der Waals surface area contributed by atoms with Crippen molar-refractivity contribution in [1.29, 1.82) is 0 Å². The maximum atomic E-state index is 14.4. The number of pyridine rings is 1. The van der Waals surface area contributed by atoms with Crippen LogP contribution in [0.5, 0.6) is 0 Å². The number of aromatic nitrogens is 3. The number of benzene rings is 1. The van der Waals surface area contributed by atoms with Crippen molar-refractivity contribution in [2.45, 2.75) is 19.8 Å². The molecule has 0 aliphatic carbocycles. The molecule has 0 saturated heterocycles. The molecule has 3 rings (SSSR count). The van der Waals surface area contributed by atoms with Crippen LogP contribution in [-0.2, 0) is 0 Å². The molecule has 0 atom stereocenters. The predicted molar refractivity (Wildman–Crippen MR) is 96.1 cm³/mol. The second kappa shape index (κ2) is 7.28. The number of rotatable bonds is 5. The summed E-state index contributed by atoms with van der Waals surface area (Å²) in [5.41, 5.74) is 1.43. The highest BCUT2D eigenvalue weighted by atomic mass is 35.5. The van der Waals surface area contributed by atoms with E-state index in [1.165, 1.54) is 18.5 Å². The molecular formula is C17H15Cl2FN4. The predicted octanol–water partition coefficient (Wildman–Crippen LogP) is 5.35. The van der Waals surface area contributed by atoms with Gasteiger partial charge in [-0.1, -0.05) is 42.6 Å². The van der Waals surface area contributed by atoms with Crippen molar-refractivity contribution in [3.05, 3.63) is 46.5 Å². The summed E-state index contributed by atoms with van der Waals surface area (Å²) in [7, 11) is 0. The third-order valence-corrected chi connectivity index (χ3v) is 4.28. The molecule has 0 fully saturated rings. The number of unbranched alkanes of at least 4 members (excludes halogenated alkanes) is 1. The standard InChI is InChI=1S/C17H15Cl2FN4/c1-2-3-7-22-16-13(12-10(18)5-4-6-11(12)20)14(19)15-17(24-16)23-9-8-21-15/h4-6,8-9H,2-3,7H2,1H3,(H,22,23,24). The van der Waals surface area contributed by atoms with E-state index in [0.29, 0.717) is 29.1 Å². The molecule has 124 valence electrons. The highest BCUT2D eigenvalue weighted by Gasteiger charge is 2.21. The Labute approximate surface area is 149 Å². The molecule has 0 saturated carbocycles. The van der Waals surface area contributed by atoms with E-state index in [9.17, 15) is 4.39 Å². The van der Waals surface area contributed by atoms with E-state index < -0.39 is 5.82 Å². The number of hydrogen-bond donors (Lipinski definition) is 1. The molecule has 0 amide bonds. The lowest BCUT2D eigenvalue weighted by Crippen LogP contribution is -2.07. The van der Waals surface area contributed by atoms with Crippen LogP contribution in [0.2, 0.25) is 10.0 Å². The van der Waals surface area contributed by atoms with Crippen LogP contribution in [-0.4, -0.2) is 21.5 Å². The van der Waals surface area contributed by atoms with Gasteiger partial charge in [0.15, 0.2) is 5.65 Å². The van der Waals surface area contributed by atoms with Gasteiger partial charge in [0.05, 0.1) is 10.0 Å². The minimum absolute atomic E-state index is 0.211. The monoisotopic (exact) mass is 364 g/mol. The number of hydrogen-bond acceptors (Lipinski definition) is 4. The van der Waals surface area contributed by atoms with Crippen molar-refractivity contribution in [1.82, 2.24) is 15.0 Å². The van der Waals surface area contributed by atoms with Gasteiger partial charge in [0.25, 0.3) is 0 Å². The average molecular weight is 365 g/mol. The zero-order valence-corrected chi connectivity index (χ0v) is 14.5. The van der Waals surface area contributed by atoms with E-state index in [0.717, 1.165) is 12.8 Å². The van der Waals surface area contributed by atoms with Gasteiger partial charge in [-0.15, -0.1) is 0 Å². The fourth-order valence-corrected chi connectivity index (χ4v) is 3.00. The van der Waals surface area contributed by atoms with Gasteiger partial charge in [-0.25, -0.2) is 19.3 Å². The normalized spacial score (nSPS) is 11.0. The quantitative estimate of drug-likeness (QED) is 0.620. The molecule has 0 aliphatic heterocycles. The van der Waals surface area contributed by atoms with Crippen LogP contribution in [0.1, 0.15) is 19.8 Å². The first-order valence-electron chi connectivity index (χ1n) is 7.62. The van der Waals surface area contributed by atoms with Crippen LogP contribution in [0.25, 0.3) is 22.3 Å². The smallest absolute Gasteiger partial charge is 0.181 e. The summed E-state index contributed by atoms with van der Waals surface area (Å²) in [5.74, 6) is -0.0126. The minimum Gasteiger partial charge on any atom is -0.369 e. The highest BCUT2D eigenvalue weighted by Crippen LogP contribution is 2.41. The largest absolute Gasteiger partial charge is 0.369 e. The van der Waals surface area contributed by atoms with Gasteiger partial charge in [-0.3, -0.25) is 0 Å². The van der Waals surface area contributed by atoms with Crippen molar-refractivity contribution in [2.75, 3.05) is 11.9 Å². The van der Waals surface area contributed by atoms with Gasteiger partial charge < -0.3 is 5.32 Å². The number of nitrogens with one attached hydrogen (secondary N) is 1. The Morgan fingerprint density at radius 3 is 2.67 bits per heavy atom. The van der Waals surface area contributed by atoms with E-state index in [2.05, 4.69) is 27.2 Å². The summed E-state index contributed by atoms with van der Waals surface area (Å²) in [6.07, 6.45) is 5.02. The van der Waals surface area contributed by atoms with E-state index >= 15 is 0 Å². The zero-order chi connectivity index (χ0) is 17.1. The number of fused-ring (bicyclic) bond motifs is 1. The molecular weight excluding hydrogens is 350 g/mol. The Bertz CT molecular complexity index is 866. The first kappa shape index (κ1) is 16.9. The lowest BCUT2D eigenvalue weighted by atomic mass is 10.0. The van der Waals surface area contributed by atoms with E-state index in [1.54, 1.807) is 12.1 Å². The second-order valence-electron chi connectivity index (χ2n) is 5.25. The van der Waals surface area contributed by atoms with Crippen LogP contribution in [0, 0.1) is 5.82 Å². The second-order valence-corrected chi connectivity index (χ2v) is 6.04. The molecule has 3 aromatic rings. The number of halogens is 3. The lowest BCUT2D eigenvalue weighted by molar-refractivity contribution is 0.631. The average Bonchev–Trinajstić information content (AvgIpc) is 2.57. The summed E-state index contributed by atoms with van der Waals surface area (Å²) < 4.78 is 14.4. The third kappa shape index (κ3) is 3.14. The van der Waals surface area contributed by atoms with Gasteiger partial charge in [-0.2, -0.15) is 0 Å². The van der Waals surface area contributed by atoms with Crippen molar-refractivity contribution < 1.29 is 4.39 Å². The van der Waals surface area contributed by atoms with Crippen LogP contribution in [0.3, 0.4) is 0 Å². The van der Waals surface area contributed by atoms with Gasteiger partial charge in [-0.05, 0) is 18.6 Å². The molecule has 0 radical (unpaired) electrons. The fourth-order valence-electron chi connectivity index (χ4n) is 2.43. The molecule has 1 N–H and O–H groups in total. The Morgan fingerprint density at radius 2 is 1.92 bits per heavy atom. The molecule has 0 unspecified atom stereocenters. The van der Waals surface area contributed by atoms with Crippen LogP contribution < -0.4 is 5.32 Å². The first-order chi connectivity index (χ1) is 11.6. The lowest BCUT2D eigenvalue weighted by Gasteiger charge is -2.15.